The van der Waals surface area contributed by atoms with E-state index >= 15 is 0 Å². The Morgan fingerprint density at radius 1 is 1.31 bits per heavy atom. The number of benzene rings is 1. The number of carbonyl (C=O) groups is 1. The first kappa shape index (κ1) is 11.2. The Morgan fingerprint density at radius 2 is 2.00 bits per heavy atom. The predicted molar refractivity (Wildman–Crippen MR) is 63.9 cm³/mol. The summed E-state index contributed by atoms with van der Waals surface area (Å²) >= 11 is 0. The zero-order valence-electron chi connectivity index (χ0n) is 10.3. The molecule has 0 saturated heterocycles. The van der Waals surface area contributed by atoms with Crippen molar-refractivity contribution < 1.29 is 9.53 Å². The van der Waals surface area contributed by atoms with Crippen LogP contribution in [0.5, 0.6) is 5.75 Å². The van der Waals surface area contributed by atoms with Crippen LogP contribution in [0.2, 0.25) is 0 Å². The lowest BCUT2D eigenvalue weighted by atomic mass is 9.83. The summed E-state index contributed by atoms with van der Waals surface area (Å²) in [5.41, 5.74) is 2.26. The van der Waals surface area contributed by atoms with Gasteiger partial charge in [0.15, 0.2) is 11.9 Å². The largest absolute Gasteiger partial charge is 0.482 e. The van der Waals surface area contributed by atoms with Crippen molar-refractivity contribution in [3.8, 4) is 5.75 Å². The molecule has 0 aromatic heterocycles. The van der Waals surface area contributed by atoms with Gasteiger partial charge in [-0.25, -0.2) is 0 Å². The van der Waals surface area contributed by atoms with Gasteiger partial charge in [-0.05, 0) is 17.9 Å². The molecule has 1 heterocycles. The SMILES string of the molecule is C[C@H]1Oc2c(cccc2C(C)(C)C)CC1=O. The Bertz CT molecular complexity index is 427. The van der Waals surface area contributed by atoms with Crippen LogP contribution in [0.1, 0.15) is 38.8 Å². The van der Waals surface area contributed by atoms with Gasteiger partial charge in [0.2, 0.25) is 0 Å². The maximum Gasteiger partial charge on any atom is 0.177 e. The Hall–Kier alpha value is -1.31. The number of para-hydroxylation sites is 1. The molecule has 16 heavy (non-hydrogen) atoms. The maximum atomic E-state index is 11.6. The van der Waals surface area contributed by atoms with Crippen LogP contribution in [0.15, 0.2) is 18.2 Å². The van der Waals surface area contributed by atoms with E-state index in [2.05, 4.69) is 26.8 Å². The number of hydrogen-bond donors (Lipinski definition) is 0. The van der Waals surface area contributed by atoms with Gasteiger partial charge >= 0.3 is 0 Å². The van der Waals surface area contributed by atoms with Crippen molar-refractivity contribution in [3.05, 3.63) is 29.3 Å². The van der Waals surface area contributed by atoms with E-state index in [4.69, 9.17) is 4.74 Å². The number of ketones is 1. The molecule has 2 rings (SSSR count). The van der Waals surface area contributed by atoms with Gasteiger partial charge in [0.25, 0.3) is 0 Å². The Morgan fingerprint density at radius 3 is 2.62 bits per heavy atom. The van der Waals surface area contributed by atoms with E-state index < -0.39 is 0 Å². The minimum absolute atomic E-state index is 0.0471. The molecule has 0 aliphatic carbocycles. The molecule has 0 saturated carbocycles. The molecule has 0 fully saturated rings. The highest BCUT2D eigenvalue weighted by Gasteiger charge is 2.29. The first-order valence-electron chi connectivity index (χ1n) is 5.71. The minimum Gasteiger partial charge on any atom is -0.482 e. The van der Waals surface area contributed by atoms with E-state index in [9.17, 15) is 4.79 Å². The first-order valence-corrected chi connectivity index (χ1v) is 5.71. The molecule has 1 atom stereocenters. The van der Waals surface area contributed by atoms with Crippen LogP contribution in [0.3, 0.4) is 0 Å². The molecule has 1 aromatic carbocycles. The molecular weight excluding hydrogens is 200 g/mol. The molecule has 0 unspecified atom stereocenters. The summed E-state index contributed by atoms with van der Waals surface area (Å²) < 4.78 is 5.75. The van der Waals surface area contributed by atoms with Gasteiger partial charge in [0, 0.05) is 12.0 Å². The van der Waals surface area contributed by atoms with Crippen molar-refractivity contribution in [2.45, 2.75) is 45.6 Å². The van der Waals surface area contributed by atoms with E-state index in [-0.39, 0.29) is 17.3 Å². The second-order valence-electron chi connectivity index (χ2n) is 5.45. The molecule has 1 aliphatic rings. The van der Waals surface area contributed by atoms with Crippen molar-refractivity contribution in [2.24, 2.45) is 0 Å². The van der Waals surface area contributed by atoms with Crippen molar-refractivity contribution >= 4 is 5.78 Å². The topological polar surface area (TPSA) is 26.3 Å². The fourth-order valence-electron chi connectivity index (χ4n) is 2.03. The number of rotatable bonds is 0. The molecule has 1 aliphatic heterocycles. The lowest BCUT2D eigenvalue weighted by Gasteiger charge is -2.29. The summed E-state index contributed by atoms with van der Waals surface area (Å²) in [6, 6.07) is 6.07. The zero-order valence-corrected chi connectivity index (χ0v) is 10.3. The Kier molecular flexibility index (Phi) is 2.53. The molecule has 0 N–H and O–H groups in total. The van der Waals surface area contributed by atoms with E-state index in [1.807, 2.05) is 19.1 Å². The predicted octanol–water partition coefficient (Wildman–Crippen LogP) is 2.88. The van der Waals surface area contributed by atoms with E-state index in [1.165, 1.54) is 5.56 Å². The van der Waals surface area contributed by atoms with Crippen LogP contribution >= 0.6 is 0 Å². The van der Waals surface area contributed by atoms with Gasteiger partial charge in [0.05, 0.1) is 0 Å². The monoisotopic (exact) mass is 218 g/mol. The molecule has 1 aromatic rings. The highest BCUT2D eigenvalue weighted by Crippen LogP contribution is 2.37. The van der Waals surface area contributed by atoms with Crippen molar-refractivity contribution in [1.29, 1.82) is 0 Å². The average molecular weight is 218 g/mol. The van der Waals surface area contributed by atoms with Crippen LogP contribution in [-0.4, -0.2) is 11.9 Å². The first-order chi connectivity index (χ1) is 7.39. The molecule has 86 valence electrons. The summed E-state index contributed by atoms with van der Waals surface area (Å²) in [5, 5.41) is 0. The van der Waals surface area contributed by atoms with Crippen molar-refractivity contribution in [3.63, 3.8) is 0 Å². The van der Waals surface area contributed by atoms with Crippen molar-refractivity contribution in [2.75, 3.05) is 0 Å². The highest BCUT2D eigenvalue weighted by atomic mass is 16.5. The van der Waals surface area contributed by atoms with Crippen LogP contribution in [0, 0.1) is 0 Å². The number of fused-ring (bicyclic) bond motifs is 1. The molecule has 0 spiro atoms. The standard InChI is InChI=1S/C14H18O2/c1-9-12(15)8-10-6-5-7-11(13(10)16-9)14(2,3)4/h5-7,9H,8H2,1-4H3/t9-/m1/s1. The van der Waals surface area contributed by atoms with E-state index in [1.54, 1.807) is 0 Å². The van der Waals surface area contributed by atoms with Crippen LogP contribution in [0.4, 0.5) is 0 Å². The smallest absolute Gasteiger partial charge is 0.177 e. The lowest BCUT2D eigenvalue weighted by molar-refractivity contribution is -0.125. The molecule has 0 bridgehead atoms. The van der Waals surface area contributed by atoms with E-state index in [0.29, 0.717) is 6.42 Å². The summed E-state index contributed by atoms with van der Waals surface area (Å²) in [5.74, 6) is 1.08. The van der Waals surface area contributed by atoms with Gasteiger partial charge < -0.3 is 4.74 Å². The summed E-state index contributed by atoms with van der Waals surface area (Å²) in [6.07, 6.45) is 0.191. The maximum absolute atomic E-state index is 11.6. The number of Topliss-reactive ketones (excluding diaryl/α,β-unsaturated/α-hetero) is 1. The Labute approximate surface area is 96.6 Å². The lowest BCUT2D eigenvalue weighted by Crippen LogP contribution is -2.32. The van der Waals surface area contributed by atoms with E-state index in [0.717, 1.165) is 11.3 Å². The van der Waals surface area contributed by atoms with Crippen molar-refractivity contribution in [1.82, 2.24) is 0 Å². The molecular formula is C14H18O2. The van der Waals surface area contributed by atoms with Gasteiger partial charge in [-0.3, -0.25) is 4.79 Å². The normalized spacial score (nSPS) is 20.2. The average Bonchev–Trinajstić information content (AvgIpc) is 2.17. The summed E-state index contributed by atoms with van der Waals surface area (Å²) in [6.45, 7) is 8.30. The second kappa shape index (κ2) is 3.62. The van der Waals surface area contributed by atoms with Crippen LogP contribution in [0.25, 0.3) is 0 Å². The Balaban J connectivity index is 2.53. The number of hydrogen-bond acceptors (Lipinski definition) is 2. The fraction of sp³-hybridized carbons (Fsp3) is 0.500. The van der Waals surface area contributed by atoms with Gasteiger partial charge in [-0.1, -0.05) is 39.0 Å². The van der Waals surface area contributed by atoms with Gasteiger partial charge in [-0.15, -0.1) is 0 Å². The summed E-state index contributed by atoms with van der Waals surface area (Å²) in [7, 11) is 0. The second-order valence-corrected chi connectivity index (χ2v) is 5.45. The minimum atomic E-state index is -0.309. The molecule has 0 radical (unpaired) electrons. The third-order valence-electron chi connectivity index (χ3n) is 3.02. The fourth-order valence-corrected chi connectivity index (χ4v) is 2.03. The number of ether oxygens (including phenoxy) is 1. The van der Waals surface area contributed by atoms with Gasteiger partial charge in [0.1, 0.15) is 5.75 Å². The van der Waals surface area contributed by atoms with Crippen LogP contribution in [-0.2, 0) is 16.6 Å². The highest BCUT2D eigenvalue weighted by molar-refractivity contribution is 5.87. The molecule has 2 heteroatoms. The number of carbonyl (C=O) groups excluding carboxylic acids is 1. The quantitative estimate of drug-likeness (QED) is 0.669. The zero-order chi connectivity index (χ0) is 11.9. The van der Waals surface area contributed by atoms with Gasteiger partial charge in [-0.2, -0.15) is 0 Å². The molecule has 2 nitrogen and oxygen atoms in total. The third kappa shape index (κ3) is 1.84. The molecule has 0 amide bonds. The van der Waals surface area contributed by atoms with Crippen LogP contribution < -0.4 is 4.74 Å². The summed E-state index contributed by atoms with van der Waals surface area (Å²) in [4.78, 5) is 11.6. The third-order valence-corrected chi connectivity index (χ3v) is 3.02.